The zero-order valence-electron chi connectivity index (χ0n) is 13.4. The molecule has 1 aliphatic rings. The predicted molar refractivity (Wildman–Crippen MR) is 83.1 cm³/mol. The van der Waals surface area contributed by atoms with Crippen molar-refractivity contribution in [1.82, 2.24) is 5.32 Å². The van der Waals surface area contributed by atoms with Gasteiger partial charge in [0.15, 0.2) is 0 Å². The Balaban J connectivity index is 2.45. The van der Waals surface area contributed by atoms with Crippen LogP contribution < -0.4 is 5.32 Å². The summed E-state index contributed by atoms with van der Waals surface area (Å²) in [5.74, 6) is -0.314. The molecular weight excluding hydrogens is 268 g/mol. The lowest BCUT2D eigenvalue weighted by Gasteiger charge is -2.40. The van der Waals surface area contributed by atoms with Gasteiger partial charge in [-0.25, -0.2) is 8.78 Å². The first kappa shape index (κ1) is 16.4. The van der Waals surface area contributed by atoms with Gasteiger partial charge in [-0.15, -0.1) is 0 Å². The average molecular weight is 295 g/mol. The summed E-state index contributed by atoms with van der Waals surface area (Å²) in [5.41, 5.74) is 0.217. The van der Waals surface area contributed by atoms with Crippen molar-refractivity contribution in [3.8, 4) is 0 Å². The molecule has 1 N–H and O–H groups in total. The fourth-order valence-corrected chi connectivity index (χ4v) is 4.12. The normalized spacial score (nSPS) is 19.1. The van der Waals surface area contributed by atoms with E-state index in [9.17, 15) is 8.78 Å². The summed E-state index contributed by atoms with van der Waals surface area (Å²) in [6.07, 6.45) is 5.43. The SMILES string of the molecule is CCNC(c1c(F)cccc1F)C1(CC(C)C)CCCC1. The molecular formula is C18H27F2N. The molecule has 0 amide bonds. The highest BCUT2D eigenvalue weighted by Gasteiger charge is 2.43. The van der Waals surface area contributed by atoms with Gasteiger partial charge < -0.3 is 5.32 Å². The van der Waals surface area contributed by atoms with E-state index in [2.05, 4.69) is 19.2 Å². The van der Waals surface area contributed by atoms with Crippen LogP contribution in [0.25, 0.3) is 0 Å². The lowest BCUT2D eigenvalue weighted by Crippen LogP contribution is -2.38. The lowest BCUT2D eigenvalue weighted by molar-refractivity contribution is 0.150. The Morgan fingerprint density at radius 1 is 1.14 bits per heavy atom. The third-order valence-electron chi connectivity index (χ3n) is 4.72. The van der Waals surface area contributed by atoms with Crippen molar-refractivity contribution in [3.63, 3.8) is 0 Å². The summed E-state index contributed by atoms with van der Waals surface area (Å²) in [6.45, 7) is 7.11. The van der Waals surface area contributed by atoms with Crippen molar-refractivity contribution in [3.05, 3.63) is 35.4 Å². The lowest BCUT2D eigenvalue weighted by atomic mass is 9.70. The minimum atomic E-state index is -0.420. The quantitative estimate of drug-likeness (QED) is 0.758. The Bertz CT molecular complexity index is 444. The molecule has 1 atom stereocenters. The summed E-state index contributed by atoms with van der Waals surface area (Å²) in [5, 5.41) is 3.39. The first-order valence-corrected chi connectivity index (χ1v) is 8.17. The molecule has 0 saturated heterocycles. The van der Waals surface area contributed by atoms with E-state index in [0.717, 1.165) is 38.6 Å². The molecule has 21 heavy (non-hydrogen) atoms. The van der Waals surface area contributed by atoms with E-state index in [-0.39, 0.29) is 17.0 Å². The van der Waals surface area contributed by atoms with Gasteiger partial charge in [0.05, 0.1) is 0 Å². The van der Waals surface area contributed by atoms with Crippen LogP contribution in [0.3, 0.4) is 0 Å². The first-order chi connectivity index (χ1) is 10.00. The number of nitrogens with one attached hydrogen (secondary N) is 1. The zero-order chi connectivity index (χ0) is 15.5. The number of halogens is 2. The van der Waals surface area contributed by atoms with Gasteiger partial charge in [-0.3, -0.25) is 0 Å². The van der Waals surface area contributed by atoms with Crippen molar-refractivity contribution in [1.29, 1.82) is 0 Å². The number of hydrogen-bond donors (Lipinski definition) is 1. The Labute approximate surface area is 127 Å². The van der Waals surface area contributed by atoms with Gasteiger partial charge in [0, 0.05) is 11.6 Å². The van der Waals surface area contributed by atoms with Crippen LogP contribution in [-0.2, 0) is 0 Å². The Hall–Kier alpha value is -0.960. The van der Waals surface area contributed by atoms with E-state index < -0.39 is 11.6 Å². The fourth-order valence-electron chi connectivity index (χ4n) is 4.12. The molecule has 0 aliphatic heterocycles. The number of hydrogen-bond acceptors (Lipinski definition) is 1. The maximum Gasteiger partial charge on any atom is 0.130 e. The first-order valence-electron chi connectivity index (χ1n) is 8.17. The number of rotatable bonds is 6. The van der Waals surface area contributed by atoms with Crippen LogP contribution in [0, 0.1) is 23.0 Å². The smallest absolute Gasteiger partial charge is 0.130 e. The van der Waals surface area contributed by atoms with E-state index in [1.165, 1.54) is 18.2 Å². The molecule has 3 heteroatoms. The monoisotopic (exact) mass is 295 g/mol. The largest absolute Gasteiger partial charge is 0.310 e. The predicted octanol–water partition coefficient (Wildman–Crippen LogP) is 5.22. The molecule has 1 aliphatic carbocycles. The van der Waals surface area contributed by atoms with Crippen LogP contribution >= 0.6 is 0 Å². The van der Waals surface area contributed by atoms with Crippen LogP contribution in [0.2, 0.25) is 0 Å². The van der Waals surface area contributed by atoms with Gasteiger partial charge in [-0.05, 0) is 49.3 Å². The van der Waals surface area contributed by atoms with Crippen LogP contribution in [0.15, 0.2) is 18.2 Å². The molecule has 1 unspecified atom stereocenters. The van der Waals surface area contributed by atoms with Crippen molar-refractivity contribution in [2.75, 3.05) is 6.54 Å². The van der Waals surface area contributed by atoms with Crippen LogP contribution in [-0.4, -0.2) is 6.54 Å². The zero-order valence-corrected chi connectivity index (χ0v) is 13.4. The van der Waals surface area contributed by atoms with Gasteiger partial charge >= 0.3 is 0 Å². The number of benzene rings is 1. The molecule has 0 bridgehead atoms. The summed E-state index contributed by atoms with van der Waals surface area (Å²) in [4.78, 5) is 0. The molecule has 1 saturated carbocycles. The second-order valence-corrected chi connectivity index (χ2v) is 6.79. The highest BCUT2D eigenvalue weighted by Crippen LogP contribution is 2.52. The van der Waals surface area contributed by atoms with E-state index in [1.54, 1.807) is 0 Å². The molecule has 118 valence electrons. The maximum atomic E-state index is 14.3. The van der Waals surface area contributed by atoms with Crippen molar-refractivity contribution in [2.24, 2.45) is 11.3 Å². The van der Waals surface area contributed by atoms with Gasteiger partial charge in [-0.1, -0.05) is 39.7 Å². The standard InChI is InChI=1S/C18H27F2N/c1-4-21-17(16-14(19)8-7-9-15(16)20)18(12-13(2)3)10-5-6-11-18/h7-9,13,17,21H,4-6,10-12H2,1-3H3. The van der Waals surface area contributed by atoms with Gasteiger partial charge in [0.25, 0.3) is 0 Å². The van der Waals surface area contributed by atoms with Crippen molar-refractivity contribution in [2.45, 2.75) is 58.9 Å². The van der Waals surface area contributed by atoms with Crippen LogP contribution in [0.4, 0.5) is 8.78 Å². The van der Waals surface area contributed by atoms with Gasteiger partial charge in [0.2, 0.25) is 0 Å². The second-order valence-electron chi connectivity index (χ2n) is 6.79. The minimum absolute atomic E-state index is 0.0206. The van der Waals surface area contributed by atoms with Crippen molar-refractivity contribution < 1.29 is 8.78 Å². The highest BCUT2D eigenvalue weighted by molar-refractivity contribution is 5.26. The van der Waals surface area contributed by atoms with E-state index in [4.69, 9.17) is 0 Å². The van der Waals surface area contributed by atoms with Crippen LogP contribution in [0.5, 0.6) is 0 Å². The Morgan fingerprint density at radius 3 is 2.19 bits per heavy atom. The molecule has 2 rings (SSSR count). The minimum Gasteiger partial charge on any atom is -0.310 e. The molecule has 1 aromatic carbocycles. The molecule has 0 radical (unpaired) electrons. The van der Waals surface area contributed by atoms with Crippen LogP contribution in [0.1, 0.15) is 64.5 Å². The third-order valence-corrected chi connectivity index (χ3v) is 4.72. The van der Waals surface area contributed by atoms with Gasteiger partial charge in [-0.2, -0.15) is 0 Å². The molecule has 1 aromatic rings. The van der Waals surface area contributed by atoms with E-state index in [1.807, 2.05) is 6.92 Å². The van der Waals surface area contributed by atoms with E-state index >= 15 is 0 Å². The average Bonchev–Trinajstić information content (AvgIpc) is 2.86. The summed E-state index contributed by atoms with van der Waals surface area (Å²) in [7, 11) is 0. The fraction of sp³-hybridized carbons (Fsp3) is 0.667. The molecule has 0 spiro atoms. The molecule has 0 aromatic heterocycles. The second kappa shape index (κ2) is 6.87. The summed E-state index contributed by atoms with van der Waals surface area (Å²) >= 11 is 0. The van der Waals surface area contributed by atoms with Crippen molar-refractivity contribution >= 4 is 0 Å². The van der Waals surface area contributed by atoms with E-state index in [0.29, 0.717) is 5.92 Å². The molecule has 0 heterocycles. The van der Waals surface area contributed by atoms with Gasteiger partial charge in [0.1, 0.15) is 11.6 Å². The summed E-state index contributed by atoms with van der Waals surface area (Å²) in [6, 6.07) is 3.97. The molecule has 1 fully saturated rings. The third kappa shape index (κ3) is 3.45. The Morgan fingerprint density at radius 2 is 1.71 bits per heavy atom. The molecule has 1 nitrogen and oxygen atoms in total. The highest BCUT2D eigenvalue weighted by atomic mass is 19.1. The summed E-state index contributed by atoms with van der Waals surface area (Å²) < 4.78 is 28.6. The topological polar surface area (TPSA) is 12.0 Å². The maximum absolute atomic E-state index is 14.3. The Kier molecular flexibility index (Phi) is 5.37.